The summed E-state index contributed by atoms with van der Waals surface area (Å²) in [5.74, 6) is 0. The van der Waals surface area contributed by atoms with Gasteiger partial charge in [0.15, 0.2) is 0 Å². The molecule has 0 spiro atoms. The summed E-state index contributed by atoms with van der Waals surface area (Å²) >= 11 is 0. The summed E-state index contributed by atoms with van der Waals surface area (Å²) in [5, 5.41) is 1.89. The Hall–Kier alpha value is -0.900. The van der Waals surface area contributed by atoms with E-state index in [1.807, 2.05) is 5.32 Å². The lowest BCUT2D eigenvalue weighted by atomic mass is 10.2. The number of nitrogens with two attached hydrogens (primary N) is 1. The van der Waals surface area contributed by atoms with Gasteiger partial charge >= 0.3 is 0 Å². The first kappa shape index (κ1) is 10.6. The SMILES string of the molecule is [CH2-][NH2+]c1cccc(CN2CCOCC2)c1. The smallest absolute Gasteiger partial charge is 0.103 e. The van der Waals surface area contributed by atoms with Gasteiger partial charge in [0.1, 0.15) is 5.69 Å². The van der Waals surface area contributed by atoms with Crippen molar-refractivity contribution < 1.29 is 10.1 Å². The summed E-state index contributed by atoms with van der Waals surface area (Å²) in [7, 11) is 3.79. The average Bonchev–Trinajstić information content (AvgIpc) is 2.31. The minimum Gasteiger partial charge on any atom is -0.446 e. The standard InChI is InChI=1S/C12H18N2O/c1-13-12-4-2-3-11(9-12)10-14-5-7-15-8-6-14/h2-4,9H,1,5-8,10,13H2. The molecule has 15 heavy (non-hydrogen) atoms. The number of ether oxygens (including phenoxy) is 1. The molecule has 0 aromatic heterocycles. The molecule has 2 rings (SSSR count). The lowest BCUT2D eigenvalue weighted by Gasteiger charge is -2.26. The fraction of sp³-hybridized carbons (Fsp3) is 0.417. The molecular formula is C12H18N2O. The van der Waals surface area contributed by atoms with Crippen molar-refractivity contribution in [1.82, 2.24) is 4.90 Å². The summed E-state index contributed by atoms with van der Waals surface area (Å²) in [4.78, 5) is 2.42. The fourth-order valence-corrected chi connectivity index (χ4v) is 1.84. The number of rotatable bonds is 3. The summed E-state index contributed by atoms with van der Waals surface area (Å²) in [6.45, 7) is 4.82. The largest absolute Gasteiger partial charge is 0.446 e. The molecule has 0 radical (unpaired) electrons. The van der Waals surface area contributed by atoms with E-state index in [1.54, 1.807) is 0 Å². The molecule has 1 aliphatic heterocycles. The molecule has 0 amide bonds. The third-order valence-corrected chi connectivity index (χ3v) is 2.70. The predicted molar refractivity (Wildman–Crippen MR) is 59.5 cm³/mol. The van der Waals surface area contributed by atoms with E-state index < -0.39 is 0 Å². The third-order valence-electron chi connectivity index (χ3n) is 2.70. The van der Waals surface area contributed by atoms with Crippen molar-refractivity contribution in [2.45, 2.75) is 6.54 Å². The van der Waals surface area contributed by atoms with Gasteiger partial charge in [0.25, 0.3) is 0 Å². The van der Waals surface area contributed by atoms with Crippen molar-refractivity contribution in [3.8, 4) is 0 Å². The molecule has 3 nitrogen and oxygen atoms in total. The highest BCUT2D eigenvalue weighted by Crippen LogP contribution is 2.09. The number of benzene rings is 1. The second-order valence-electron chi connectivity index (χ2n) is 3.84. The zero-order valence-corrected chi connectivity index (χ0v) is 8.98. The van der Waals surface area contributed by atoms with Gasteiger partial charge in [-0.1, -0.05) is 12.1 Å². The van der Waals surface area contributed by atoms with Crippen LogP contribution in [0.25, 0.3) is 0 Å². The molecule has 1 aliphatic rings. The summed E-state index contributed by atoms with van der Waals surface area (Å²) in [6, 6.07) is 8.54. The normalized spacial score (nSPS) is 17.9. The molecule has 1 saturated heterocycles. The molecule has 0 bridgehead atoms. The van der Waals surface area contributed by atoms with Gasteiger partial charge in [-0.15, -0.1) is 7.05 Å². The molecule has 0 saturated carbocycles. The van der Waals surface area contributed by atoms with Crippen molar-refractivity contribution in [2.24, 2.45) is 0 Å². The monoisotopic (exact) mass is 206 g/mol. The molecule has 0 atom stereocenters. The topological polar surface area (TPSA) is 29.1 Å². The molecular weight excluding hydrogens is 188 g/mol. The highest BCUT2D eigenvalue weighted by Gasteiger charge is 2.10. The first-order valence-electron chi connectivity index (χ1n) is 5.40. The van der Waals surface area contributed by atoms with Crippen LogP contribution in [0.2, 0.25) is 0 Å². The van der Waals surface area contributed by atoms with E-state index in [0.29, 0.717) is 0 Å². The number of morpholine rings is 1. The minimum absolute atomic E-state index is 0.862. The quantitative estimate of drug-likeness (QED) is 0.576. The van der Waals surface area contributed by atoms with Crippen LogP contribution < -0.4 is 5.32 Å². The Morgan fingerprint density at radius 2 is 2.13 bits per heavy atom. The van der Waals surface area contributed by atoms with E-state index in [4.69, 9.17) is 4.74 Å². The van der Waals surface area contributed by atoms with Gasteiger partial charge in [-0.2, -0.15) is 0 Å². The maximum Gasteiger partial charge on any atom is 0.103 e. The summed E-state index contributed by atoms with van der Waals surface area (Å²) < 4.78 is 5.32. The molecule has 2 N–H and O–H groups in total. The van der Waals surface area contributed by atoms with Crippen molar-refractivity contribution in [2.75, 3.05) is 26.3 Å². The Labute approximate surface area is 91.0 Å². The van der Waals surface area contributed by atoms with Crippen LogP contribution in [-0.4, -0.2) is 31.2 Å². The number of hydrogen-bond donors (Lipinski definition) is 1. The van der Waals surface area contributed by atoms with Gasteiger partial charge in [-0.25, -0.2) is 0 Å². The van der Waals surface area contributed by atoms with Crippen LogP contribution in [-0.2, 0) is 11.3 Å². The molecule has 1 fully saturated rings. The zero-order valence-electron chi connectivity index (χ0n) is 8.98. The van der Waals surface area contributed by atoms with Crippen LogP contribution in [0.1, 0.15) is 5.56 Å². The van der Waals surface area contributed by atoms with Gasteiger partial charge in [-0.05, 0) is 11.6 Å². The maximum atomic E-state index is 5.32. The van der Waals surface area contributed by atoms with Gasteiger partial charge in [0, 0.05) is 25.7 Å². The first-order valence-corrected chi connectivity index (χ1v) is 5.40. The van der Waals surface area contributed by atoms with E-state index in [-0.39, 0.29) is 0 Å². The fourth-order valence-electron chi connectivity index (χ4n) is 1.84. The molecule has 1 aromatic carbocycles. The van der Waals surface area contributed by atoms with Gasteiger partial charge in [0.2, 0.25) is 0 Å². The second-order valence-corrected chi connectivity index (χ2v) is 3.84. The first-order chi connectivity index (χ1) is 7.38. The number of nitrogens with zero attached hydrogens (tertiary/aromatic N) is 1. The van der Waals surface area contributed by atoms with E-state index in [9.17, 15) is 0 Å². The van der Waals surface area contributed by atoms with Crippen molar-refractivity contribution in [3.05, 3.63) is 36.9 Å². The van der Waals surface area contributed by atoms with E-state index in [2.05, 4.69) is 36.2 Å². The maximum absolute atomic E-state index is 5.32. The Morgan fingerprint density at radius 1 is 1.33 bits per heavy atom. The van der Waals surface area contributed by atoms with Crippen LogP contribution >= 0.6 is 0 Å². The van der Waals surface area contributed by atoms with Crippen LogP contribution in [0.4, 0.5) is 5.69 Å². The molecule has 1 heterocycles. The van der Waals surface area contributed by atoms with Gasteiger partial charge in [0.05, 0.1) is 13.2 Å². The molecule has 1 aromatic rings. The summed E-state index contributed by atoms with van der Waals surface area (Å²) in [6.07, 6.45) is 0. The summed E-state index contributed by atoms with van der Waals surface area (Å²) in [5.41, 5.74) is 2.55. The average molecular weight is 206 g/mol. The molecule has 82 valence electrons. The minimum atomic E-state index is 0.862. The Morgan fingerprint density at radius 3 is 2.87 bits per heavy atom. The third kappa shape index (κ3) is 3.02. The Bertz CT molecular complexity index is 308. The van der Waals surface area contributed by atoms with Crippen molar-refractivity contribution in [3.63, 3.8) is 0 Å². The van der Waals surface area contributed by atoms with Crippen LogP contribution in [0.15, 0.2) is 24.3 Å². The zero-order chi connectivity index (χ0) is 10.5. The predicted octanol–water partition coefficient (Wildman–Crippen LogP) is 0.505. The van der Waals surface area contributed by atoms with E-state index >= 15 is 0 Å². The van der Waals surface area contributed by atoms with E-state index in [0.717, 1.165) is 32.8 Å². The second kappa shape index (κ2) is 5.26. The van der Waals surface area contributed by atoms with E-state index in [1.165, 1.54) is 11.3 Å². The molecule has 0 aliphatic carbocycles. The van der Waals surface area contributed by atoms with Crippen LogP contribution in [0, 0.1) is 7.05 Å². The number of quaternary nitrogens is 1. The van der Waals surface area contributed by atoms with Gasteiger partial charge < -0.3 is 10.1 Å². The van der Waals surface area contributed by atoms with Crippen molar-refractivity contribution >= 4 is 5.69 Å². The number of hydrogen-bond acceptors (Lipinski definition) is 2. The Kier molecular flexibility index (Phi) is 3.72. The van der Waals surface area contributed by atoms with Crippen LogP contribution in [0.5, 0.6) is 0 Å². The van der Waals surface area contributed by atoms with Gasteiger partial charge in [-0.3, -0.25) is 4.90 Å². The Balaban J connectivity index is 1.96. The highest BCUT2D eigenvalue weighted by molar-refractivity contribution is 5.33. The lowest BCUT2D eigenvalue weighted by molar-refractivity contribution is -0.504. The lowest BCUT2D eigenvalue weighted by Crippen LogP contribution is -2.69. The van der Waals surface area contributed by atoms with Crippen molar-refractivity contribution in [1.29, 1.82) is 0 Å². The molecule has 0 unspecified atom stereocenters. The highest BCUT2D eigenvalue weighted by atomic mass is 16.5. The van der Waals surface area contributed by atoms with Crippen LogP contribution in [0.3, 0.4) is 0 Å². The molecule has 3 heteroatoms.